The summed E-state index contributed by atoms with van der Waals surface area (Å²) in [4.78, 5) is 18.0. The molecular weight excluding hydrogens is 304 g/mol. The number of nitrogens with one attached hydrogen (secondary N) is 1. The Morgan fingerprint density at radius 2 is 2.00 bits per heavy atom. The van der Waals surface area contributed by atoms with Crippen molar-refractivity contribution in [2.45, 2.75) is 13.0 Å². The quantitative estimate of drug-likeness (QED) is 0.685. The highest BCUT2D eigenvalue weighted by atomic mass is 32.2. The Labute approximate surface area is 132 Å². The van der Waals surface area contributed by atoms with Crippen molar-refractivity contribution in [1.82, 2.24) is 19.5 Å². The average molecular weight is 328 g/mol. The molecule has 0 aliphatic rings. The van der Waals surface area contributed by atoms with Gasteiger partial charge in [0.2, 0.25) is 15.9 Å². The molecule has 8 heteroatoms. The van der Waals surface area contributed by atoms with Crippen molar-refractivity contribution in [3.63, 3.8) is 0 Å². The molecule has 124 valence electrons. The normalized spacial score (nSPS) is 11.9. The van der Waals surface area contributed by atoms with Crippen LogP contribution in [0.4, 0.5) is 0 Å². The van der Waals surface area contributed by atoms with Crippen molar-refractivity contribution >= 4 is 15.9 Å². The van der Waals surface area contributed by atoms with E-state index >= 15 is 0 Å². The summed E-state index contributed by atoms with van der Waals surface area (Å²) in [7, 11) is 0.439. The lowest BCUT2D eigenvalue weighted by Crippen LogP contribution is -2.41. The van der Waals surface area contributed by atoms with Gasteiger partial charge in [-0.1, -0.05) is 6.07 Å². The van der Waals surface area contributed by atoms with Crippen molar-refractivity contribution in [1.29, 1.82) is 0 Å². The Kier molecular flexibility index (Phi) is 7.43. The van der Waals surface area contributed by atoms with Crippen LogP contribution in [0.1, 0.15) is 12.1 Å². The van der Waals surface area contributed by atoms with E-state index in [-0.39, 0.29) is 19.0 Å². The second-order valence-electron chi connectivity index (χ2n) is 5.35. The first-order valence-electron chi connectivity index (χ1n) is 7.05. The molecule has 1 rings (SSSR count). The molecule has 1 heterocycles. The van der Waals surface area contributed by atoms with E-state index < -0.39 is 10.0 Å². The summed E-state index contributed by atoms with van der Waals surface area (Å²) in [6.45, 7) is 1.21. The number of nitrogens with zero attached hydrogens (tertiary/aromatic N) is 3. The van der Waals surface area contributed by atoms with Gasteiger partial charge in [-0.15, -0.1) is 0 Å². The summed E-state index contributed by atoms with van der Waals surface area (Å²) >= 11 is 0. The predicted molar refractivity (Wildman–Crippen MR) is 85.7 cm³/mol. The highest BCUT2D eigenvalue weighted by Crippen LogP contribution is 2.00. The molecule has 0 saturated carbocycles. The highest BCUT2D eigenvalue weighted by Gasteiger charge is 2.19. The van der Waals surface area contributed by atoms with E-state index in [4.69, 9.17) is 0 Å². The van der Waals surface area contributed by atoms with E-state index in [2.05, 4.69) is 10.3 Å². The van der Waals surface area contributed by atoms with E-state index in [9.17, 15) is 13.2 Å². The number of hydrogen-bond acceptors (Lipinski definition) is 5. The molecule has 0 bridgehead atoms. The van der Waals surface area contributed by atoms with Gasteiger partial charge in [0.25, 0.3) is 0 Å². The molecular formula is C14H24N4O3S. The maximum atomic E-state index is 11.9. The van der Waals surface area contributed by atoms with Crippen LogP contribution in [0.2, 0.25) is 0 Å². The van der Waals surface area contributed by atoms with Gasteiger partial charge < -0.3 is 10.2 Å². The number of rotatable bonds is 9. The van der Waals surface area contributed by atoms with Crippen LogP contribution >= 0.6 is 0 Å². The summed E-state index contributed by atoms with van der Waals surface area (Å²) < 4.78 is 24.7. The Morgan fingerprint density at radius 1 is 1.27 bits per heavy atom. The van der Waals surface area contributed by atoms with Gasteiger partial charge in [-0.05, 0) is 39.2 Å². The van der Waals surface area contributed by atoms with Gasteiger partial charge in [-0.3, -0.25) is 9.78 Å². The summed E-state index contributed by atoms with van der Waals surface area (Å²) in [5.74, 6) is -0.332. The minimum atomic E-state index is -3.40. The second-order valence-corrected chi connectivity index (χ2v) is 7.33. The third-order valence-electron chi connectivity index (χ3n) is 2.99. The van der Waals surface area contributed by atoms with Gasteiger partial charge in [0.05, 0.1) is 25.0 Å². The van der Waals surface area contributed by atoms with Crippen molar-refractivity contribution in [3.05, 3.63) is 30.1 Å². The first-order valence-corrected chi connectivity index (χ1v) is 8.90. The Hall–Kier alpha value is -1.51. The number of hydrogen-bond donors (Lipinski definition) is 1. The molecule has 1 amide bonds. The van der Waals surface area contributed by atoms with Crippen molar-refractivity contribution in [2.24, 2.45) is 0 Å². The van der Waals surface area contributed by atoms with E-state index in [0.29, 0.717) is 13.0 Å². The lowest BCUT2D eigenvalue weighted by molar-refractivity contribution is -0.121. The maximum absolute atomic E-state index is 11.9. The van der Waals surface area contributed by atoms with Crippen LogP contribution in [0.5, 0.6) is 0 Å². The molecule has 0 unspecified atom stereocenters. The van der Waals surface area contributed by atoms with Crippen LogP contribution in [0.3, 0.4) is 0 Å². The van der Waals surface area contributed by atoms with Crippen LogP contribution < -0.4 is 5.32 Å². The van der Waals surface area contributed by atoms with Crippen LogP contribution in [-0.2, 0) is 21.4 Å². The van der Waals surface area contributed by atoms with E-state index in [0.717, 1.165) is 18.5 Å². The number of amides is 1. The zero-order valence-corrected chi connectivity index (χ0v) is 14.1. The van der Waals surface area contributed by atoms with Crippen LogP contribution in [0.15, 0.2) is 24.4 Å². The monoisotopic (exact) mass is 328 g/mol. The molecule has 22 heavy (non-hydrogen) atoms. The number of carbonyl (C=O) groups excluding carboxylic acids is 1. The van der Waals surface area contributed by atoms with Gasteiger partial charge in [0.1, 0.15) is 0 Å². The number of sulfonamides is 1. The minimum absolute atomic E-state index is 0.168. The molecule has 0 atom stereocenters. The predicted octanol–water partition coefficient (Wildman–Crippen LogP) is -0.0889. The molecule has 0 fully saturated rings. The molecule has 1 aromatic rings. The third kappa shape index (κ3) is 7.48. The Balaban J connectivity index is 2.49. The Morgan fingerprint density at radius 3 is 2.55 bits per heavy atom. The molecule has 0 spiro atoms. The fourth-order valence-electron chi connectivity index (χ4n) is 1.83. The standard InChI is InChI=1S/C14H24N4O3S/c1-17(2)9-6-10-18(22(3,20)21)12-14(19)16-11-13-7-4-5-8-15-13/h4-5,7-8H,6,9-12H2,1-3H3,(H,16,19). The van der Waals surface area contributed by atoms with Gasteiger partial charge in [0.15, 0.2) is 0 Å². The van der Waals surface area contributed by atoms with Crippen molar-refractivity contribution in [3.8, 4) is 0 Å². The average Bonchev–Trinajstić information content (AvgIpc) is 2.44. The third-order valence-corrected chi connectivity index (χ3v) is 4.24. The summed E-state index contributed by atoms with van der Waals surface area (Å²) in [6.07, 6.45) is 3.44. The van der Waals surface area contributed by atoms with Crippen LogP contribution in [-0.4, -0.2) is 68.5 Å². The number of carbonyl (C=O) groups is 1. The topological polar surface area (TPSA) is 82.6 Å². The molecule has 1 aromatic heterocycles. The molecule has 0 aliphatic heterocycles. The van der Waals surface area contributed by atoms with Crippen LogP contribution in [0.25, 0.3) is 0 Å². The lowest BCUT2D eigenvalue weighted by atomic mass is 10.3. The molecule has 0 aliphatic carbocycles. The maximum Gasteiger partial charge on any atom is 0.235 e. The zero-order valence-electron chi connectivity index (χ0n) is 13.3. The van der Waals surface area contributed by atoms with E-state index in [1.165, 1.54) is 4.31 Å². The van der Waals surface area contributed by atoms with E-state index in [1.54, 1.807) is 18.3 Å². The lowest BCUT2D eigenvalue weighted by Gasteiger charge is -2.20. The first kappa shape index (κ1) is 18.5. The molecule has 0 radical (unpaired) electrons. The summed E-state index contributed by atoms with van der Waals surface area (Å²) in [5, 5.41) is 2.68. The second kappa shape index (κ2) is 8.82. The highest BCUT2D eigenvalue weighted by molar-refractivity contribution is 7.88. The number of aromatic nitrogens is 1. The SMILES string of the molecule is CN(C)CCCN(CC(=O)NCc1ccccn1)S(C)(=O)=O. The molecule has 7 nitrogen and oxygen atoms in total. The minimum Gasteiger partial charge on any atom is -0.349 e. The fraction of sp³-hybridized carbons (Fsp3) is 0.571. The van der Waals surface area contributed by atoms with E-state index in [1.807, 2.05) is 25.1 Å². The Bertz CT molecular complexity index is 561. The summed E-state index contributed by atoms with van der Waals surface area (Å²) in [5.41, 5.74) is 0.731. The molecule has 0 aromatic carbocycles. The van der Waals surface area contributed by atoms with Crippen LogP contribution in [0, 0.1) is 0 Å². The molecule has 1 N–H and O–H groups in total. The molecule has 0 saturated heterocycles. The fourth-order valence-corrected chi connectivity index (χ4v) is 2.65. The van der Waals surface area contributed by atoms with Gasteiger partial charge in [0, 0.05) is 12.7 Å². The largest absolute Gasteiger partial charge is 0.349 e. The van der Waals surface area contributed by atoms with Gasteiger partial charge in [-0.25, -0.2) is 8.42 Å². The summed E-state index contributed by atoms with van der Waals surface area (Å²) in [6, 6.07) is 5.42. The smallest absolute Gasteiger partial charge is 0.235 e. The van der Waals surface area contributed by atoms with Crippen molar-refractivity contribution < 1.29 is 13.2 Å². The number of pyridine rings is 1. The van der Waals surface area contributed by atoms with Crippen molar-refractivity contribution in [2.75, 3.05) is 40.0 Å². The first-order chi connectivity index (χ1) is 10.3. The van der Waals surface area contributed by atoms with Gasteiger partial charge in [-0.2, -0.15) is 4.31 Å². The zero-order chi connectivity index (χ0) is 16.6. The van der Waals surface area contributed by atoms with Gasteiger partial charge >= 0.3 is 0 Å².